The van der Waals surface area contributed by atoms with Gasteiger partial charge in [0.25, 0.3) is 5.91 Å². The first-order chi connectivity index (χ1) is 15.0. The molecule has 2 heterocycles. The van der Waals surface area contributed by atoms with Crippen LogP contribution in [0.5, 0.6) is 11.6 Å². The Balaban J connectivity index is 2.10. The number of anilines is 1. The first kappa shape index (κ1) is 23.3. The molecular formula is C21H16ClF4N3O3. The Morgan fingerprint density at radius 3 is 2.53 bits per heavy atom. The molecule has 0 unspecified atom stereocenters. The molecule has 0 aliphatic carbocycles. The number of rotatable bonds is 5. The summed E-state index contributed by atoms with van der Waals surface area (Å²) in [6.45, 7) is 3.47. The molecule has 2 aromatic heterocycles. The van der Waals surface area contributed by atoms with Crippen LogP contribution in [-0.4, -0.2) is 15.9 Å². The van der Waals surface area contributed by atoms with Gasteiger partial charge in [-0.05, 0) is 36.2 Å². The summed E-state index contributed by atoms with van der Waals surface area (Å²) in [4.78, 5) is 30.0. The summed E-state index contributed by atoms with van der Waals surface area (Å²) >= 11 is 5.74. The van der Waals surface area contributed by atoms with Crippen molar-refractivity contribution < 1.29 is 27.1 Å². The monoisotopic (exact) mass is 469 g/mol. The van der Waals surface area contributed by atoms with Gasteiger partial charge in [-0.25, -0.2) is 9.37 Å². The van der Waals surface area contributed by atoms with Gasteiger partial charge in [0, 0.05) is 23.5 Å². The fraction of sp³-hybridized carbons (Fsp3) is 0.190. The zero-order valence-electron chi connectivity index (χ0n) is 16.7. The molecule has 0 fully saturated rings. The Hall–Kier alpha value is -3.40. The number of aromatic nitrogens is 2. The van der Waals surface area contributed by atoms with E-state index in [1.165, 1.54) is 24.4 Å². The molecule has 0 aliphatic rings. The zero-order valence-corrected chi connectivity index (χ0v) is 17.4. The van der Waals surface area contributed by atoms with Crippen LogP contribution >= 0.6 is 11.6 Å². The van der Waals surface area contributed by atoms with Gasteiger partial charge in [0.2, 0.25) is 11.4 Å². The van der Waals surface area contributed by atoms with Gasteiger partial charge in [0.15, 0.2) is 5.69 Å². The van der Waals surface area contributed by atoms with E-state index in [0.717, 1.165) is 18.2 Å². The number of hydrogen-bond acceptors (Lipinski definition) is 4. The van der Waals surface area contributed by atoms with E-state index in [9.17, 15) is 27.2 Å². The maximum Gasteiger partial charge on any atom is 0.434 e. The van der Waals surface area contributed by atoms with Crippen molar-refractivity contribution >= 4 is 23.2 Å². The number of benzene rings is 1. The predicted molar refractivity (Wildman–Crippen MR) is 110 cm³/mol. The van der Waals surface area contributed by atoms with Crippen molar-refractivity contribution in [1.82, 2.24) is 9.97 Å². The number of alkyl halides is 3. The van der Waals surface area contributed by atoms with Crippen molar-refractivity contribution in [2.75, 3.05) is 5.32 Å². The average molecular weight is 470 g/mol. The van der Waals surface area contributed by atoms with Gasteiger partial charge in [-0.3, -0.25) is 9.59 Å². The lowest BCUT2D eigenvalue weighted by atomic mass is 10.0. The smallest absolute Gasteiger partial charge is 0.434 e. The van der Waals surface area contributed by atoms with Crippen molar-refractivity contribution in [3.63, 3.8) is 0 Å². The molecule has 11 heteroatoms. The van der Waals surface area contributed by atoms with Crippen LogP contribution in [0.2, 0.25) is 5.02 Å². The summed E-state index contributed by atoms with van der Waals surface area (Å²) in [6.07, 6.45) is -3.64. The number of aromatic amines is 1. The molecule has 0 saturated carbocycles. The molecular weight excluding hydrogens is 454 g/mol. The number of carbonyl (C=O) groups excluding carboxylic acids is 1. The third-order valence-electron chi connectivity index (χ3n) is 4.29. The zero-order chi connectivity index (χ0) is 23.6. The molecule has 3 aromatic rings. The molecule has 1 amide bonds. The molecule has 32 heavy (non-hydrogen) atoms. The van der Waals surface area contributed by atoms with E-state index in [0.29, 0.717) is 5.56 Å². The molecule has 0 saturated heterocycles. The van der Waals surface area contributed by atoms with Crippen LogP contribution in [0, 0.1) is 5.82 Å². The minimum Gasteiger partial charge on any atom is -0.438 e. The van der Waals surface area contributed by atoms with E-state index >= 15 is 0 Å². The topological polar surface area (TPSA) is 84.1 Å². The molecule has 2 N–H and O–H groups in total. The van der Waals surface area contributed by atoms with Crippen molar-refractivity contribution in [1.29, 1.82) is 0 Å². The minimum atomic E-state index is -4.92. The van der Waals surface area contributed by atoms with Crippen LogP contribution in [0.3, 0.4) is 0 Å². The Morgan fingerprint density at radius 1 is 1.19 bits per heavy atom. The number of nitrogens with zero attached hydrogens (tertiary/aromatic N) is 1. The number of nitrogens with one attached hydrogen (secondary N) is 2. The average Bonchev–Trinajstić information content (AvgIpc) is 2.69. The Labute approximate surface area is 184 Å². The Morgan fingerprint density at radius 2 is 1.91 bits per heavy atom. The lowest BCUT2D eigenvalue weighted by molar-refractivity contribution is -0.141. The van der Waals surface area contributed by atoms with E-state index in [1.807, 2.05) is 0 Å². The third-order valence-corrected chi connectivity index (χ3v) is 4.58. The van der Waals surface area contributed by atoms with Gasteiger partial charge in [-0.15, -0.1) is 0 Å². The highest BCUT2D eigenvalue weighted by Crippen LogP contribution is 2.38. The summed E-state index contributed by atoms with van der Waals surface area (Å²) in [5.41, 5.74) is -1.92. The Kier molecular flexibility index (Phi) is 6.54. The Bertz CT molecular complexity index is 1230. The highest BCUT2D eigenvalue weighted by atomic mass is 35.5. The van der Waals surface area contributed by atoms with Crippen LogP contribution in [0.1, 0.15) is 41.4 Å². The molecule has 3 rings (SSSR count). The van der Waals surface area contributed by atoms with E-state index in [2.05, 4.69) is 15.3 Å². The summed E-state index contributed by atoms with van der Waals surface area (Å²) < 4.78 is 59.3. The van der Waals surface area contributed by atoms with Gasteiger partial charge in [-0.2, -0.15) is 13.2 Å². The molecule has 168 valence electrons. The molecule has 6 nitrogen and oxygen atoms in total. The van der Waals surface area contributed by atoms with E-state index in [1.54, 1.807) is 13.8 Å². The third kappa shape index (κ3) is 5.25. The number of amides is 1. The molecule has 1 aromatic carbocycles. The van der Waals surface area contributed by atoms with Gasteiger partial charge in [0.05, 0.1) is 5.02 Å². The highest BCUT2D eigenvalue weighted by molar-refractivity contribution is 6.31. The second-order valence-corrected chi connectivity index (χ2v) is 7.41. The van der Waals surface area contributed by atoms with E-state index in [4.69, 9.17) is 16.3 Å². The number of pyridine rings is 2. The summed E-state index contributed by atoms with van der Waals surface area (Å²) in [5, 5.41) is 1.56. The normalized spacial score (nSPS) is 11.5. The summed E-state index contributed by atoms with van der Waals surface area (Å²) in [6, 6.07) is 6.69. The van der Waals surface area contributed by atoms with E-state index < -0.39 is 45.6 Å². The van der Waals surface area contributed by atoms with Gasteiger partial charge < -0.3 is 15.0 Å². The van der Waals surface area contributed by atoms with Gasteiger partial charge in [0.1, 0.15) is 17.1 Å². The first-order valence-electron chi connectivity index (χ1n) is 9.21. The SMILES string of the molecule is CC(C)c1cc(F)ccc1Oc1nc(C(F)(F)F)c(Cl)cc1C(=O)Nc1cc[nH]c(=O)c1. The van der Waals surface area contributed by atoms with E-state index in [-0.39, 0.29) is 17.4 Å². The lowest BCUT2D eigenvalue weighted by Crippen LogP contribution is -2.18. The second-order valence-electron chi connectivity index (χ2n) is 7.00. The van der Waals surface area contributed by atoms with Crippen molar-refractivity contribution in [3.8, 4) is 11.6 Å². The fourth-order valence-corrected chi connectivity index (χ4v) is 3.06. The highest BCUT2D eigenvalue weighted by Gasteiger charge is 2.37. The van der Waals surface area contributed by atoms with Gasteiger partial charge >= 0.3 is 6.18 Å². The van der Waals surface area contributed by atoms with Crippen LogP contribution in [0.4, 0.5) is 23.2 Å². The van der Waals surface area contributed by atoms with Crippen molar-refractivity contribution in [2.24, 2.45) is 0 Å². The molecule has 0 radical (unpaired) electrons. The molecule has 0 aliphatic heterocycles. The van der Waals surface area contributed by atoms with Crippen LogP contribution in [0.15, 0.2) is 47.4 Å². The number of ether oxygens (including phenoxy) is 1. The first-order valence-corrected chi connectivity index (χ1v) is 9.58. The number of carbonyl (C=O) groups is 1. The number of H-pyrrole nitrogens is 1. The standard InChI is InChI=1S/C21H16ClF4N3O3/c1-10(2)13-7-11(23)3-4-16(13)32-20-14(9-15(22)18(29-20)21(24,25)26)19(31)28-12-5-6-27-17(30)8-12/h3-10H,1-2H3,(H2,27,28,30,31). The summed E-state index contributed by atoms with van der Waals surface area (Å²) in [7, 11) is 0. The van der Waals surface area contributed by atoms with Crippen molar-refractivity contribution in [2.45, 2.75) is 25.9 Å². The fourth-order valence-electron chi connectivity index (χ4n) is 2.80. The number of hydrogen-bond donors (Lipinski definition) is 2. The second kappa shape index (κ2) is 8.99. The van der Waals surface area contributed by atoms with Crippen LogP contribution in [0.25, 0.3) is 0 Å². The predicted octanol–water partition coefficient (Wildman–Crippen LogP) is 5.75. The summed E-state index contributed by atoms with van der Waals surface area (Å²) in [5.74, 6) is -2.38. The molecule has 0 atom stereocenters. The maximum absolute atomic E-state index is 13.7. The van der Waals surface area contributed by atoms with Crippen molar-refractivity contribution in [3.05, 3.63) is 80.6 Å². The molecule has 0 bridgehead atoms. The molecule has 0 spiro atoms. The number of halogens is 5. The minimum absolute atomic E-state index is 0.0227. The quantitative estimate of drug-likeness (QED) is 0.466. The lowest BCUT2D eigenvalue weighted by Gasteiger charge is -2.17. The van der Waals surface area contributed by atoms with Crippen LogP contribution < -0.4 is 15.6 Å². The van der Waals surface area contributed by atoms with Gasteiger partial charge in [-0.1, -0.05) is 25.4 Å². The largest absolute Gasteiger partial charge is 0.438 e. The van der Waals surface area contributed by atoms with Crippen LogP contribution in [-0.2, 0) is 6.18 Å². The maximum atomic E-state index is 13.7.